The summed E-state index contributed by atoms with van der Waals surface area (Å²) in [6.07, 6.45) is -4.54. The van der Waals surface area contributed by atoms with Crippen LogP contribution in [-0.4, -0.2) is 42.1 Å². The molecule has 0 radical (unpaired) electrons. The molecule has 0 unspecified atom stereocenters. The number of halogens is 3. The predicted molar refractivity (Wildman–Crippen MR) is 48.8 cm³/mol. The van der Waals surface area contributed by atoms with Crippen LogP contribution >= 0.6 is 11.3 Å². The van der Waals surface area contributed by atoms with Crippen molar-refractivity contribution < 1.29 is 18.3 Å². The van der Waals surface area contributed by atoms with E-state index in [1.54, 1.807) is 0 Å². The normalized spacial score (nSPS) is 12.0. The van der Waals surface area contributed by atoms with Crippen molar-refractivity contribution in [3.8, 4) is 10.8 Å². The minimum absolute atomic E-state index is 0.0456. The lowest BCUT2D eigenvalue weighted by Gasteiger charge is -1.98. The minimum atomic E-state index is -4.54. The molecule has 11 heteroatoms. The SMILES string of the molecule is OCCn1nnnc1-c1nnc(C(F)(F)F)s1. The number of hydrogen-bond acceptors (Lipinski definition) is 7. The molecule has 2 aromatic rings. The fourth-order valence-corrected chi connectivity index (χ4v) is 1.73. The van der Waals surface area contributed by atoms with Gasteiger partial charge in [0.15, 0.2) is 5.01 Å². The molecular weight excluding hydrogens is 261 g/mol. The van der Waals surface area contributed by atoms with Gasteiger partial charge in [0.05, 0.1) is 13.2 Å². The molecule has 2 rings (SSSR count). The van der Waals surface area contributed by atoms with Crippen molar-refractivity contribution >= 4 is 11.3 Å². The Morgan fingerprint density at radius 2 is 2.00 bits per heavy atom. The van der Waals surface area contributed by atoms with Crippen molar-refractivity contribution in [1.82, 2.24) is 30.4 Å². The molecule has 0 aromatic carbocycles. The molecule has 0 bridgehead atoms. The number of hydrogen-bond donors (Lipinski definition) is 1. The molecule has 0 aliphatic rings. The quantitative estimate of drug-likeness (QED) is 0.853. The summed E-state index contributed by atoms with van der Waals surface area (Å²) in [7, 11) is 0. The first kappa shape index (κ1) is 11.9. The Balaban J connectivity index is 2.34. The van der Waals surface area contributed by atoms with E-state index in [-0.39, 0.29) is 24.0 Å². The number of rotatable bonds is 3. The Bertz CT molecular complexity index is 508. The Hall–Kier alpha value is -1.62. The van der Waals surface area contributed by atoms with Crippen molar-refractivity contribution in [3.05, 3.63) is 5.01 Å². The van der Waals surface area contributed by atoms with Gasteiger partial charge in [0.25, 0.3) is 0 Å². The average molecular weight is 266 g/mol. The van der Waals surface area contributed by atoms with Crippen LogP contribution < -0.4 is 0 Å². The topological polar surface area (TPSA) is 89.6 Å². The lowest BCUT2D eigenvalue weighted by molar-refractivity contribution is -0.138. The number of aliphatic hydroxyl groups is 1. The highest BCUT2D eigenvalue weighted by Gasteiger charge is 2.36. The van der Waals surface area contributed by atoms with Crippen LogP contribution in [-0.2, 0) is 12.7 Å². The number of nitrogens with zero attached hydrogens (tertiary/aromatic N) is 6. The first-order chi connectivity index (χ1) is 8.02. The summed E-state index contributed by atoms with van der Waals surface area (Å²) < 4.78 is 38.1. The van der Waals surface area contributed by atoms with Crippen LogP contribution in [0.5, 0.6) is 0 Å². The minimum Gasteiger partial charge on any atom is -0.394 e. The largest absolute Gasteiger partial charge is 0.445 e. The third-order valence-electron chi connectivity index (χ3n) is 1.70. The molecule has 0 aliphatic heterocycles. The third kappa shape index (κ3) is 2.39. The number of tetrazole rings is 1. The van der Waals surface area contributed by atoms with E-state index in [0.29, 0.717) is 11.3 Å². The second-order valence-corrected chi connectivity index (χ2v) is 3.84. The maximum absolute atomic E-state index is 12.3. The molecule has 0 spiro atoms. The van der Waals surface area contributed by atoms with Gasteiger partial charge in [-0.1, -0.05) is 11.3 Å². The maximum atomic E-state index is 12.3. The van der Waals surface area contributed by atoms with Crippen LogP contribution in [0.2, 0.25) is 0 Å². The zero-order valence-electron chi connectivity index (χ0n) is 8.09. The highest BCUT2D eigenvalue weighted by atomic mass is 32.1. The number of alkyl halides is 3. The van der Waals surface area contributed by atoms with Crippen LogP contribution in [0.4, 0.5) is 13.2 Å². The van der Waals surface area contributed by atoms with Crippen LogP contribution in [0.3, 0.4) is 0 Å². The van der Waals surface area contributed by atoms with Crippen molar-refractivity contribution in [2.24, 2.45) is 0 Å². The molecule has 1 N–H and O–H groups in total. The van der Waals surface area contributed by atoms with E-state index < -0.39 is 11.2 Å². The zero-order chi connectivity index (χ0) is 12.5. The molecule has 0 fully saturated rings. The fourth-order valence-electron chi connectivity index (χ4n) is 1.03. The molecule has 0 aliphatic carbocycles. The lowest BCUT2D eigenvalue weighted by atomic mass is 10.6. The third-order valence-corrected chi connectivity index (χ3v) is 2.67. The Morgan fingerprint density at radius 3 is 2.59 bits per heavy atom. The lowest BCUT2D eigenvalue weighted by Crippen LogP contribution is -2.06. The standard InChI is InChI=1S/C6H5F3N6OS/c7-6(8,9)5-12-11-4(17-5)3-10-13-14-15(3)1-2-16/h16H,1-2H2. The molecule has 0 saturated carbocycles. The van der Waals surface area contributed by atoms with Gasteiger partial charge in [-0.15, -0.1) is 15.3 Å². The fraction of sp³-hybridized carbons (Fsp3) is 0.500. The first-order valence-corrected chi connectivity index (χ1v) is 5.12. The first-order valence-electron chi connectivity index (χ1n) is 4.30. The highest BCUT2D eigenvalue weighted by Crippen LogP contribution is 2.33. The Kier molecular flexibility index (Phi) is 3.02. The van der Waals surface area contributed by atoms with Gasteiger partial charge < -0.3 is 5.11 Å². The molecular formula is C6H5F3N6OS. The van der Waals surface area contributed by atoms with Crippen LogP contribution in [0.25, 0.3) is 10.8 Å². The average Bonchev–Trinajstić information content (AvgIpc) is 2.82. The summed E-state index contributed by atoms with van der Waals surface area (Å²) in [6, 6.07) is 0. The maximum Gasteiger partial charge on any atom is 0.445 e. The summed E-state index contributed by atoms with van der Waals surface area (Å²) in [5.74, 6) is 0.0482. The second kappa shape index (κ2) is 4.33. The smallest absolute Gasteiger partial charge is 0.394 e. The zero-order valence-corrected chi connectivity index (χ0v) is 8.90. The van der Waals surface area contributed by atoms with Crippen LogP contribution in [0.1, 0.15) is 5.01 Å². The van der Waals surface area contributed by atoms with Crippen molar-refractivity contribution in [3.63, 3.8) is 0 Å². The molecule has 92 valence electrons. The number of aromatic nitrogens is 6. The molecule has 2 aromatic heterocycles. The molecule has 0 atom stereocenters. The summed E-state index contributed by atoms with van der Waals surface area (Å²) >= 11 is 0.345. The number of aliphatic hydroxyl groups excluding tert-OH is 1. The monoisotopic (exact) mass is 266 g/mol. The molecule has 17 heavy (non-hydrogen) atoms. The van der Waals surface area contributed by atoms with Gasteiger partial charge in [0.1, 0.15) is 0 Å². The molecule has 0 saturated heterocycles. The molecule has 2 heterocycles. The molecule has 0 amide bonds. The second-order valence-electron chi connectivity index (χ2n) is 2.86. The van der Waals surface area contributed by atoms with Gasteiger partial charge in [-0.05, 0) is 10.4 Å². The van der Waals surface area contributed by atoms with E-state index in [2.05, 4.69) is 25.7 Å². The summed E-state index contributed by atoms with van der Waals surface area (Å²) in [6.45, 7) is -0.160. The van der Waals surface area contributed by atoms with Crippen molar-refractivity contribution in [2.45, 2.75) is 12.7 Å². The van der Waals surface area contributed by atoms with E-state index in [4.69, 9.17) is 5.11 Å². The predicted octanol–water partition coefficient (Wildman–Crippen LogP) is 0.203. The van der Waals surface area contributed by atoms with Gasteiger partial charge in [-0.3, -0.25) is 0 Å². The van der Waals surface area contributed by atoms with E-state index in [9.17, 15) is 13.2 Å². The van der Waals surface area contributed by atoms with Crippen molar-refractivity contribution in [2.75, 3.05) is 6.61 Å². The summed E-state index contributed by atoms with van der Waals surface area (Å²) in [5, 5.41) is 24.3. The Morgan fingerprint density at radius 1 is 1.24 bits per heavy atom. The molecule has 7 nitrogen and oxygen atoms in total. The van der Waals surface area contributed by atoms with Crippen LogP contribution in [0, 0.1) is 0 Å². The van der Waals surface area contributed by atoms with Gasteiger partial charge in [0, 0.05) is 0 Å². The van der Waals surface area contributed by atoms with E-state index in [1.165, 1.54) is 0 Å². The van der Waals surface area contributed by atoms with E-state index >= 15 is 0 Å². The van der Waals surface area contributed by atoms with E-state index in [0.717, 1.165) is 4.68 Å². The van der Waals surface area contributed by atoms with Gasteiger partial charge >= 0.3 is 6.18 Å². The van der Waals surface area contributed by atoms with Gasteiger partial charge in [-0.25, -0.2) is 4.68 Å². The Labute approximate surface area is 95.9 Å². The van der Waals surface area contributed by atoms with Crippen LogP contribution in [0.15, 0.2) is 0 Å². The van der Waals surface area contributed by atoms with Crippen molar-refractivity contribution in [1.29, 1.82) is 0 Å². The summed E-state index contributed by atoms with van der Waals surface area (Å²) in [4.78, 5) is 0. The summed E-state index contributed by atoms with van der Waals surface area (Å²) in [5.41, 5.74) is 0. The van der Waals surface area contributed by atoms with Gasteiger partial charge in [-0.2, -0.15) is 13.2 Å². The highest BCUT2D eigenvalue weighted by molar-refractivity contribution is 7.14. The van der Waals surface area contributed by atoms with Gasteiger partial charge in [0.2, 0.25) is 10.8 Å². The van der Waals surface area contributed by atoms with E-state index in [1.807, 2.05) is 0 Å².